The molecule has 12 nitrogen and oxygen atoms in total. The number of pyridine rings is 1. The Bertz CT molecular complexity index is 2050. The van der Waals surface area contributed by atoms with Crippen molar-refractivity contribution in [2.75, 3.05) is 45.3 Å². The zero-order chi connectivity index (χ0) is 35.4. The lowest BCUT2D eigenvalue weighted by Gasteiger charge is -2.30. The normalized spacial score (nSPS) is 20.2. The van der Waals surface area contributed by atoms with Gasteiger partial charge in [0, 0.05) is 31.0 Å². The summed E-state index contributed by atoms with van der Waals surface area (Å²) >= 11 is 0.812. The molecule has 7 rings (SSSR count). The van der Waals surface area contributed by atoms with E-state index in [1.54, 1.807) is 20.8 Å². The molecule has 0 spiro atoms. The highest BCUT2D eigenvalue weighted by Gasteiger charge is 2.49. The first kappa shape index (κ1) is 34.2. The molecule has 1 N–H and O–H groups in total. The van der Waals surface area contributed by atoms with E-state index in [2.05, 4.69) is 25.2 Å². The largest absolute Gasteiger partial charge is 0.475 e. The molecule has 0 saturated carbocycles. The molecule has 3 aromatic heterocycles. The molecule has 50 heavy (non-hydrogen) atoms. The van der Waals surface area contributed by atoms with Crippen LogP contribution in [0.2, 0.25) is 0 Å². The Balaban J connectivity index is 1.38. The van der Waals surface area contributed by atoms with E-state index in [-0.39, 0.29) is 87.7 Å². The number of nitrogens with zero attached hydrogens (tertiary/aromatic N) is 5. The van der Waals surface area contributed by atoms with Gasteiger partial charge in [-0.15, -0.1) is 11.3 Å². The van der Waals surface area contributed by atoms with E-state index in [0.29, 0.717) is 24.1 Å². The quantitative estimate of drug-likeness (QED) is 0.192. The van der Waals surface area contributed by atoms with Gasteiger partial charge in [-0.2, -0.15) is 15.2 Å². The van der Waals surface area contributed by atoms with Crippen molar-refractivity contribution >= 4 is 43.4 Å². The van der Waals surface area contributed by atoms with Crippen LogP contribution in [0.15, 0.2) is 6.20 Å². The molecular formula is C34H35F3N6O6S. The summed E-state index contributed by atoms with van der Waals surface area (Å²) in [6.07, 6.45) is 1.11. The fraction of sp³-hybridized carbons (Fsp3) is 0.500. The SMILES string of the molecule is COCCOc1nc(OC[C@@]23CCCN2C[C@H](F)C3)nc2c(F)c(-c3ncc(F)c4sc(NC(=O)OC(C)(C)C)c(C#N)c34)c3c(c12)COC3. The molecule has 3 aliphatic heterocycles. The zero-order valence-corrected chi connectivity index (χ0v) is 28.8. The van der Waals surface area contributed by atoms with Gasteiger partial charge in [-0.1, -0.05) is 0 Å². The van der Waals surface area contributed by atoms with Gasteiger partial charge in [-0.05, 0) is 51.3 Å². The fourth-order valence-corrected chi connectivity index (χ4v) is 8.15. The second-order valence-electron chi connectivity index (χ2n) is 13.6. The maximum atomic E-state index is 17.2. The van der Waals surface area contributed by atoms with Crippen LogP contribution < -0.4 is 14.8 Å². The van der Waals surface area contributed by atoms with E-state index in [1.807, 2.05) is 6.07 Å². The molecule has 4 aromatic rings. The maximum absolute atomic E-state index is 17.2. The lowest BCUT2D eigenvalue weighted by molar-refractivity contribution is 0.0636. The number of hydrogen-bond donors (Lipinski definition) is 1. The zero-order valence-electron chi connectivity index (χ0n) is 28.0. The first-order valence-corrected chi connectivity index (χ1v) is 17.0. The summed E-state index contributed by atoms with van der Waals surface area (Å²) in [4.78, 5) is 28.1. The Morgan fingerprint density at radius 1 is 1.20 bits per heavy atom. The summed E-state index contributed by atoms with van der Waals surface area (Å²) in [7, 11) is 1.52. The topological polar surface area (TPSA) is 141 Å². The van der Waals surface area contributed by atoms with Crippen LogP contribution in [0.5, 0.6) is 11.9 Å². The first-order chi connectivity index (χ1) is 23.9. The summed E-state index contributed by atoms with van der Waals surface area (Å²) in [6, 6.07) is 1.87. The van der Waals surface area contributed by atoms with E-state index in [0.717, 1.165) is 36.9 Å². The molecular weight excluding hydrogens is 677 g/mol. The number of halogens is 3. The van der Waals surface area contributed by atoms with Crippen LogP contribution in [-0.2, 0) is 27.4 Å². The fourth-order valence-electron chi connectivity index (χ4n) is 7.11. The Morgan fingerprint density at radius 2 is 2.00 bits per heavy atom. The number of carbonyl (C=O) groups is 1. The van der Waals surface area contributed by atoms with Crippen molar-refractivity contribution in [3.8, 4) is 29.2 Å². The van der Waals surface area contributed by atoms with Crippen LogP contribution in [0, 0.1) is 23.0 Å². The number of aromatic nitrogens is 3. The molecule has 2 atom stereocenters. The summed E-state index contributed by atoms with van der Waals surface area (Å²) in [5, 5.41) is 13.1. The highest BCUT2D eigenvalue weighted by Crippen LogP contribution is 2.47. The van der Waals surface area contributed by atoms with Crippen molar-refractivity contribution in [1.29, 1.82) is 5.26 Å². The third-order valence-electron chi connectivity index (χ3n) is 9.13. The molecule has 2 saturated heterocycles. The van der Waals surface area contributed by atoms with Crippen LogP contribution in [0.4, 0.5) is 23.0 Å². The molecule has 16 heteroatoms. The third kappa shape index (κ3) is 6.06. The number of fused-ring (bicyclic) bond motifs is 5. The number of thiophene rings is 1. The third-order valence-corrected chi connectivity index (χ3v) is 10.2. The smallest absolute Gasteiger partial charge is 0.412 e. The minimum absolute atomic E-state index is 0.0110. The van der Waals surface area contributed by atoms with Gasteiger partial charge in [-0.25, -0.2) is 18.0 Å². The minimum Gasteiger partial charge on any atom is -0.475 e. The van der Waals surface area contributed by atoms with Gasteiger partial charge < -0.3 is 23.7 Å². The molecule has 0 unspecified atom stereocenters. The molecule has 0 radical (unpaired) electrons. The molecule has 1 amide bonds. The van der Waals surface area contributed by atoms with Crippen LogP contribution in [0.3, 0.4) is 0 Å². The Labute approximate surface area is 289 Å². The highest BCUT2D eigenvalue weighted by molar-refractivity contribution is 7.23. The molecule has 2 fully saturated rings. The van der Waals surface area contributed by atoms with Gasteiger partial charge in [0.2, 0.25) is 5.88 Å². The number of nitriles is 1. The standard InChI is InChI=1S/C34H35F3N6O6S/c1-33(2,3)49-32(44)42-30-18(11-38)23-26(39-12-21(36)28(23)50-30)22-19-14-46-15-20(19)24-27(25(22)37)40-31(41-29(24)47-9-8-45-4)48-16-34-6-5-7-43(34)13-17(35)10-34/h12,17H,5-10,13-16H2,1-4H3,(H,42,44)/t17-,34+/m1/s1. The highest BCUT2D eigenvalue weighted by atomic mass is 32.1. The Hall–Kier alpha value is -4.30. The van der Waals surface area contributed by atoms with E-state index < -0.39 is 35.0 Å². The number of ether oxygens (including phenoxy) is 5. The van der Waals surface area contributed by atoms with Crippen molar-refractivity contribution in [2.45, 2.75) is 70.6 Å². The summed E-state index contributed by atoms with van der Waals surface area (Å²) < 4.78 is 75.4. The number of rotatable bonds is 9. The number of anilines is 1. The summed E-state index contributed by atoms with van der Waals surface area (Å²) in [5.74, 6) is -1.54. The van der Waals surface area contributed by atoms with Gasteiger partial charge in [0.1, 0.15) is 41.6 Å². The minimum atomic E-state index is -0.970. The van der Waals surface area contributed by atoms with Crippen LogP contribution in [0.1, 0.15) is 56.7 Å². The van der Waals surface area contributed by atoms with Crippen molar-refractivity contribution in [2.24, 2.45) is 0 Å². The predicted octanol–water partition coefficient (Wildman–Crippen LogP) is 6.41. The van der Waals surface area contributed by atoms with Gasteiger partial charge in [0.05, 0.1) is 52.9 Å². The molecule has 264 valence electrons. The second-order valence-corrected chi connectivity index (χ2v) is 14.6. The Morgan fingerprint density at radius 3 is 2.76 bits per heavy atom. The van der Waals surface area contributed by atoms with Gasteiger partial charge in [-0.3, -0.25) is 15.2 Å². The van der Waals surface area contributed by atoms with E-state index in [1.165, 1.54) is 7.11 Å². The molecule has 0 aliphatic carbocycles. The molecule has 0 bridgehead atoms. The Kier molecular flexibility index (Phi) is 8.96. The maximum Gasteiger partial charge on any atom is 0.412 e. The summed E-state index contributed by atoms with van der Waals surface area (Å²) in [5.41, 5.74) is -0.742. The number of benzene rings is 1. The van der Waals surface area contributed by atoms with E-state index in [9.17, 15) is 14.4 Å². The second kappa shape index (κ2) is 13.1. The average molecular weight is 713 g/mol. The first-order valence-electron chi connectivity index (χ1n) is 16.2. The van der Waals surface area contributed by atoms with Gasteiger partial charge >= 0.3 is 12.1 Å². The number of alkyl halides is 1. The number of methoxy groups -OCH3 is 1. The van der Waals surface area contributed by atoms with E-state index >= 15 is 8.78 Å². The number of carbonyl (C=O) groups excluding carboxylic acids is 1. The predicted molar refractivity (Wildman–Crippen MR) is 177 cm³/mol. The lowest BCUT2D eigenvalue weighted by Crippen LogP contribution is -2.43. The molecule has 1 aromatic carbocycles. The molecule has 6 heterocycles. The number of hydrogen-bond acceptors (Lipinski definition) is 12. The van der Waals surface area contributed by atoms with Crippen LogP contribution >= 0.6 is 11.3 Å². The summed E-state index contributed by atoms with van der Waals surface area (Å²) in [6.45, 7) is 6.60. The number of amides is 1. The van der Waals surface area contributed by atoms with Crippen molar-refractivity contribution in [3.63, 3.8) is 0 Å². The molecule has 3 aliphatic rings. The van der Waals surface area contributed by atoms with Crippen molar-refractivity contribution in [3.05, 3.63) is 34.5 Å². The van der Waals surface area contributed by atoms with Crippen molar-refractivity contribution < 1.29 is 41.7 Å². The van der Waals surface area contributed by atoms with E-state index in [4.69, 9.17) is 23.7 Å². The van der Waals surface area contributed by atoms with Crippen LogP contribution in [0.25, 0.3) is 32.2 Å². The average Bonchev–Trinajstić information content (AvgIpc) is 3.83. The van der Waals surface area contributed by atoms with Gasteiger partial charge in [0.25, 0.3) is 0 Å². The van der Waals surface area contributed by atoms with Crippen LogP contribution in [-0.4, -0.2) is 83.3 Å². The monoisotopic (exact) mass is 712 g/mol. The number of nitrogens with one attached hydrogen (secondary N) is 1. The van der Waals surface area contributed by atoms with Gasteiger partial charge in [0.15, 0.2) is 11.6 Å². The van der Waals surface area contributed by atoms with Crippen molar-refractivity contribution in [1.82, 2.24) is 19.9 Å². The lowest BCUT2D eigenvalue weighted by atomic mass is 9.93.